The van der Waals surface area contributed by atoms with Crippen molar-refractivity contribution in [2.75, 3.05) is 0 Å². The van der Waals surface area contributed by atoms with E-state index in [2.05, 4.69) is 439 Å². The summed E-state index contributed by atoms with van der Waals surface area (Å²) in [5, 5.41) is 19.3. The van der Waals surface area contributed by atoms with E-state index < -0.39 is 0 Å². The van der Waals surface area contributed by atoms with E-state index in [1.165, 1.54) is 131 Å². The summed E-state index contributed by atoms with van der Waals surface area (Å²) in [5.41, 5.74) is 28.9. The Morgan fingerprint density at radius 2 is 0.432 bits per heavy atom. The fourth-order valence-corrected chi connectivity index (χ4v) is 22.1. The molecule has 0 radical (unpaired) electrons. The van der Waals surface area contributed by atoms with Crippen molar-refractivity contribution in [2.24, 2.45) is 0 Å². The van der Waals surface area contributed by atoms with Crippen LogP contribution in [0.1, 0.15) is 0 Å². The van der Waals surface area contributed by atoms with Gasteiger partial charge in [0.05, 0.1) is 78.1 Å². The van der Waals surface area contributed by atoms with Crippen molar-refractivity contribution in [1.29, 1.82) is 0 Å². The Kier molecular flexibility index (Phi) is 20.3. The first-order chi connectivity index (χ1) is 72.4. The van der Waals surface area contributed by atoms with Gasteiger partial charge in [-0.1, -0.05) is 394 Å². The summed E-state index contributed by atoms with van der Waals surface area (Å²) >= 11 is 0. The molecule has 0 saturated carbocycles. The predicted octanol–water partition coefficient (Wildman–Crippen LogP) is 33.4. The van der Waals surface area contributed by atoms with Crippen molar-refractivity contribution < 1.29 is 0 Å². The number of benzene rings is 21. The maximum absolute atomic E-state index is 5.21. The van der Waals surface area contributed by atoms with Crippen LogP contribution in [0.5, 0.6) is 0 Å². The second kappa shape index (κ2) is 35.2. The van der Waals surface area contributed by atoms with Gasteiger partial charge in [-0.05, 0) is 142 Å². The second-order valence-electron chi connectivity index (χ2n) is 37.1. The number of para-hydroxylation sites is 8. The van der Waals surface area contributed by atoms with Crippen LogP contribution in [-0.2, 0) is 0 Å². The summed E-state index contributed by atoms with van der Waals surface area (Å²) in [6.07, 6.45) is 3.92. The Morgan fingerprint density at radius 1 is 0.137 bits per heavy atom. The Balaban J connectivity index is 0.000000106. The maximum Gasteiger partial charge on any atom is 0.238 e. The SMILES string of the molecule is c1ccc(-c2nc(-c3ccccc3)nc(-c3cccc(-n4c5ccccc5c5ccc6c7ccccc7n(-c7ccccc7)c6c54)c3)n2)cc1.c1ccc(-c2nc(-c3ccccc3)nc(-n3c4ccccc4c4ccc5c6ccccc6n(-c6ccc7ccccc7c6)c5c43)n2)cc1.c1ccc(-n2c3ccccc3c3cc(-c4ccc(-c5ccc6c(c5)c5ccccc5n6-c5cncc6ccccc56)cc4)ccc32)cc1. The van der Waals surface area contributed by atoms with Crippen LogP contribution in [0.4, 0.5) is 0 Å². The molecule has 30 aromatic rings. The van der Waals surface area contributed by atoms with E-state index >= 15 is 0 Å². The van der Waals surface area contributed by atoms with Crippen molar-refractivity contribution in [3.63, 3.8) is 0 Å². The van der Waals surface area contributed by atoms with Gasteiger partial charge in [0.15, 0.2) is 29.1 Å². The van der Waals surface area contributed by atoms with Crippen molar-refractivity contribution in [3.8, 4) is 114 Å². The molecule has 0 aliphatic heterocycles. The third-order valence-corrected chi connectivity index (χ3v) is 28.7. The van der Waals surface area contributed by atoms with Gasteiger partial charge in [-0.3, -0.25) is 9.55 Å². The number of rotatable bonds is 13. The fourth-order valence-electron chi connectivity index (χ4n) is 22.1. The van der Waals surface area contributed by atoms with Gasteiger partial charge in [0.1, 0.15) is 0 Å². The van der Waals surface area contributed by atoms with E-state index in [0.29, 0.717) is 35.1 Å². The predicted molar refractivity (Wildman–Crippen MR) is 603 cm³/mol. The number of aromatic nitrogens is 13. The van der Waals surface area contributed by atoms with Gasteiger partial charge >= 0.3 is 0 Å². The molecule has 0 unspecified atom stereocenters. The lowest BCUT2D eigenvalue weighted by molar-refractivity contribution is 0.953. The van der Waals surface area contributed by atoms with Crippen molar-refractivity contribution >= 4 is 152 Å². The van der Waals surface area contributed by atoms with Gasteiger partial charge in [0, 0.05) is 132 Å². The summed E-state index contributed by atoms with van der Waals surface area (Å²) in [7, 11) is 0. The van der Waals surface area contributed by atoms with Crippen LogP contribution >= 0.6 is 0 Å². The van der Waals surface area contributed by atoms with E-state index in [1.54, 1.807) is 0 Å². The van der Waals surface area contributed by atoms with Crippen LogP contribution in [-0.4, -0.2) is 62.3 Å². The summed E-state index contributed by atoms with van der Waals surface area (Å²) in [4.78, 5) is 35.0. The van der Waals surface area contributed by atoms with E-state index in [-0.39, 0.29) is 0 Å². The Bertz CT molecular complexity index is 10300. The average molecular weight is 1870 g/mol. The molecule has 21 aromatic carbocycles. The van der Waals surface area contributed by atoms with Crippen molar-refractivity contribution in [3.05, 3.63) is 516 Å². The van der Waals surface area contributed by atoms with Crippen LogP contribution in [0.25, 0.3) is 266 Å². The maximum atomic E-state index is 5.21. The zero-order valence-electron chi connectivity index (χ0n) is 78.9. The zero-order chi connectivity index (χ0) is 96.2. The first-order valence-corrected chi connectivity index (χ1v) is 49.3. The molecule has 0 N–H and O–H groups in total. The molecular formula is C133H85N13. The highest BCUT2D eigenvalue weighted by molar-refractivity contribution is 6.26. The Hall–Kier alpha value is -19.9. The topological polar surface area (TPSA) is 120 Å². The summed E-state index contributed by atoms with van der Waals surface area (Å²) < 4.78 is 14.2. The smallest absolute Gasteiger partial charge is 0.238 e. The molecule has 0 bridgehead atoms. The largest absolute Gasteiger partial charge is 0.309 e. The highest BCUT2D eigenvalue weighted by Gasteiger charge is 2.28. The monoisotopic (exact) mass is 1860 g/mol. The van der Waals surface area contributed by atoms with Crippen LogP contribution in [0, 0.1) is 0 Å². The zero-order valence-corrected chi connectivity index (χ0v) is 78.9. The van der Waals surface area contributed by atoms with Gasteiger partial charge in [-0.15, -0.1) is 0 Å². The summed E-state index contributed by atoms with van der Waals surface area (Å²) in [5.74, 6) is 3.76. The Morgan fingerprint density at radius 3 is 0.877 bits per heavy atom. The quantitative estimate of drug-likeness (QED) is 0.113. The van der Waals surface area contributed by atoms with Crippen LogP contribution in [0.3, 0.4) is 0 Å². The van der Waals surface area contributed by atoms with Crippen molar-refractivity contribution in [1.82, 2.24) is 62.3 Å². The van der Waals surface area contributed by atoms with Gasteiger partial charge in [0.2, 0.25) is 5.95 Å². The third-order valence-electron chi connectivity index (χ3n) is 28.7. The molecule has 0 atom stereocenters. The average Bonchev–Trinajstić information content (AvgIpc) is 1.54. The first-order valence-electron chi connectivity index (χ1n) is 49.3. The van der Waals surface area contributed by atoms with Gasteiger partial charge in [0.25, 0.3) is 0 Å². The first kappa shape index (κ1) is 84.2. The molecule has 30 rings (SSSR count). The number of nitrogens with zero attached hydrogens (tertiary/aromatic N) is 13. The molecule has 0 fully saturated rings. The molecule has 146 heavy (non-hydrogen) atoms. The van der Waals surface area contributed by atoms with E-state index in [0.717, 1.165) is 99.8 Å². The lowest BCUT2D eigenvalue weighted by Crippen LogP contribution is -2.07. The van der Waals surface area contributed by atoms with Crippen molar-refractivity contribution in [2.45, 2.75) is 0 Å². The highest BCUT2D eigenvalue weighted by Crippen LogP contribution is 2.47. The van der Waals surface area contributed by atoms with E-state index in [4.69, 9.17) is 29.9 Å². The molecule has 13 heteroatoms. The number of fused-ring (bicyclic) bond motifs is 22. The second-order valence-corrected chi connectivity index (χ2v) is 37.1. The van der Waals surface area contributed by atoms with Gasteiger partial charge in [-0.2, -0.15) is 9.97 Å². The molecule has 0 aliphatic carbocycles. The van der Waals surface area contributed by atoms with Crippen LogP contribution in [0.15, 0.2) is 516 Å². The molecule has 0 saturated heterocycles. The minimum atomic E-state index is 0.580. The molecule has 0 spiro atoms. The standard InChI is InChI=1S/C45H29N5.C45H29N3.C43H27N5/c1-4-15-30(16-5-1)43-46-44(31-17-6-2-7-18-31)48-45(47-43)32-19-14-22-34(29-32)50-40-26-13-11-24-36(40)38-28-27-37-35-23-10-12-25-39(35)49(41(37)42(38)50)33-20-8-3-9-21-33;1-2-11-35(12-3-1)47-41-16-8-6-14-37(41)39-26-32(22-24-43(39)47)30-18-20-31(21-19-30)33-23-25-44-40(27-33)38-15-7-9-17-42(38)48(44)45-29-46-28-34-10-4-5-13-36(34)45;1-3-14-29(15-4-1)41-44-42(30-16-5-2-6-17-30)46-43(45-41)48-38-22-12-10-20-34(38)36-26-25-35-33-19-9-11-21-37(33)47(39(35)40(36)48)32-24-23-28-13-7-8-18-31(28)27-32/h1-29H;1-29H;1-27H. The molecule has 9 aromatic heterocycles. The van der Waals surface area contributed by atoms with Crippen LogP contribution in [0.2, 0.25) is 0 Å². The molecular weight excluding hydrogens is 1780 g/mol. The van der Waals surface area contributed by atoms with Crippen LogP contribution < -0.4 is 0 Å². The Labute approximate surface area is 838 Å². The normalized spacial score (nSPS) is 11.7. The lowest BCUT2D eigenvalue weighted by Gasteiger charge is -2.14. The third kappa shape index (κ3) is 14.3. The van der Waals surface area contributed by atoms with E-state index in [9.17, 15) is 0 Å². The molecule has 9 heterocycles. The van der Waals surface area contributed by atoms with E-state index in [1.807, 2.05) is 109 Å². The number of pyridine rings is 1. The summed E-state index contributed by atoms with van der Waals surface area (Å²) in [6, 6.07) is 178. The number of hydrogen-bond donors (Lipinski definition) is 0. The molecule has 0 amide bonds. The molecule has 682 valence electrons. The fraction of sp³-hybridized carbons (Fsp3) is 0. The van der Waals surface area contributed by atoms with Gasteiger partial charge in [-0.25, -0.2) is 19.9 Å². The summed E-state index contributed by atoms with van der Waals surface area (Å²) in [6.45, 7) is 0. The molecule has 13 nitrogen and oxygen atoms in total. The highest BCUT2D eigenvalue weighted by atomic mass is 15.2. The minimum absolute atomic E-state index is 0.580. The lowest BCUT2D eigenvalue weighted by atomic mass is 9.98. The minimum Gasteiger partial charge on any atom is -0.309 e. The molecule has 0 aliphatic rings. The number of hydrogen-bond acceptors (Lipinski definition) is 7. The van der Waals surface area contributed by atoms with Gasteiger partial charge < -0.3 is 22.8 Å².